The van der Waals surface area contributed by atoms with Gasteiger partial charge in [-0.3, -0.25) is 4.79 Å². The molecule has 0 aromatic heterocycles. The van der Waals surface area contributed by atoms with Crippen molar-refractivity contribution in [3.05, 3.63) is 59.1 Å². The Morgan fingerprint density at radius 3 is 2.38 bits per heavy atom. The Kier molecular flexibility index (Phi) is 6.64. The second kappa shape index (κ2) is 8.71. The molecule has 2 aromatic carbocycles. The van der Waals surface area contributed by atoms with E-state index in [4.69, 9.17) is 11.6 Å². The lowest BCUT2D eigenvalue weighted by Crippen LogP contribution is -3.11. The summed E-state index contributed by atoms with van der Waals surface area (Å²) in [7, 11) is 4.05. The number of rotatable bonds is 7. The van der Waals surface area contributed by atoms with Gasteiger partial charge in [0.1, 0.15) is 6.54 Å². The van der Waals surface area contributed by atoms with Crippen LogP contribution in [0.2, 0.25) is 5.02 Å². The zero-order chi connectivity index (χ0) is 17.5. The Morgan fingerprint density at radius 2 is 1.79 bits per heavy atom. The van der Waals surface area contributed by atoms with Crippen LogP contribution >= 0.6 is 11.6 Å². The molecule has 1 unspecified atom stereocenters. The van der Waals surface area contributed by atoms with E-state index in [1.54, 1.807) is 6.07 Å². The number of nitrogens with zero attached hydrogens (tertiary/aromatic N) is 1. The Morgan fingerprint density at radius 1 is 1.12 bits per heavy atom. The maximum Gasteiger partial charge on any atom is 0.279 e. The van der Waals surface area contributed by atoms with Crippen molar-refractivity contribution in [2.24, 2.45) is 0 Å². The third-order valence-corrected chi connectivity index (χ3v) is 4.29. The molecule has 0 fully saturated rings. The lowest BCUT2D eigenvalue weighted by Gasteiger charge is -2.18. The Hall–Kier alpha value is -2.04. The molecule has 2 aromatic rings. The van der Waals surface area contributed by atoms with E-state index in [0.29, 0.717) is 17.3 Å². The van der Waals surface area contributed by atoms with Crippen LogP contribution in [0.25, 0.3) is 0 Å². The van der Waals surface area contributed by atoms with Crippen molar-refractivity contribution in [2.75, 3.05) is 37.4 Å². The van der Waals surface area contributed by atoms with Crippen LogP contribution in [0.5, 0.6) is 0 Å². The van der Waals surface area contributed by atoms with Gasteiger partial charge in [0.15, 0.2) is 6.54 Å². The van der Waals surface area contributed by atoms with E-state index >= 15 is 0 Å². The van der Waals surface area contributed by atoms with Crippen LogP contribution in [-0.4, -0.2) is 33.1 Å². The van der Waals surface area contributed by atoms with Gasteiger partial charge in [0, 0.05) is 25.3 Å². The van der Waals surface area contributed by atoms with Crippen molar-refractivity contribution >= 4 is 28.9 Å². The third-order valence-electron chi connectivity index (χ3n) is 3.97. The highest BCUT2D eigenvalue weighted by atomic mass is 35.5. The van der Waals surface area contributed by atoms with Crippen molar-refractivity contribution in [1.82, 2.24) is 0 Å². The van der Waals surface area contributed by atoms with Gasteiger partial charge >= 0.3 is 0 Å². The summed E-state index contributed by atoms with van der Waals surface area (Å²) in [6.07, 6.45) is 0. The number of quaternary nitrogens is 1. The van der Waals surface area contributed by atoms with Gasteiger partial charge < -0.3 is 15.1 Å². The average Bonchev–Trinajstić information content (AvgIpc) is 2.56. The minimum Gasteiger partial charge on any atom is -0.378 e. The van der Waals surface area contributed by atoms with E-state index in [1.807, 2.05) is 32.3 Å². The number of nitrogens with one attached hydrogen (secondary N) is 2. The summed E-state index contributed by atoms with van der Waals surface area (Å²) in [5.74, 6) is -0.0233. The first-order valence-electron chi connectivity index (χ1n) is 8.13. The van der Waals surface area contributed by atoms with Crippen molar-refractivity contribution in [2.45, 2.75) is 13.5 Å². The average molecular weight is 347 g/mol. The number of carbonyl (C=O) groups is 1. The third kappa shape index (κ3) is 5.25. The Bertz CT molecular complexity index is 671. The molecule has 5 heteroatoms. The maximum atomic E-state index is 12.3. The molecule has 4 nitrogen and oxygen atoms in total. The number of para-hydroxylation sites is 1. The summed E-state index contributed by atoms with van der Waals surface area (Å²) >= 11 is 6.08. The summed E-state index contributed by atoms with van der Waals surface area (Å²) < 4.78 is 0. The summed E-state index contributed by atoms with van der Waals surface area (Å²) in [5.41, 5.74) is 3.06. The summed E-state index contributed by atoms with van der Waals surface area (Å²) in [6.45, 7) is 4.20. The molecule has 128 valence electrons. The molecule has 0 heterocycles. The van der Waals surface area contributed by atoms with E-state index in [2.05, 4.69) is 41.4 Å². The van der Waals surface area contributed by atoms with Crippen molar-refractivity contribution < 1.29 is 9.69 Å². The number of amides is 1. The molecule has 0 saturated heterocycles. The highest BCUT2D eigenvalue weighted by molar-refractivity contribution is 6.33. The van der Waals surface area contributed by atoms with Gasteiger partial charge in [0.05, 0.1) is 17.3 Å². The second-order valence-corrected chi connectivity index (χ2v) is 6.45. The molecule has 0 spiro atoms. The standard InChI is InChI=1S/C19H24ClN3O/c1-4-23(13-15-9-11-16(12-10-15)22(2)3)14-19(24)21-18-8-6-5-7-17(18)20/h5-12H,4,13-14H2,1-3H3,(H,21,24)/p+1. The first-order chi connectivity index (χ1) is 11.5. The van der Waals surface area contributed by atoms with Crippen LogP contribution in [-0.2, 0) is 11.3 Å². The zero-order valence-corrected chi connectivity index (χ0v) is 15.2. The number of hydrogen-bond donors (Lipinski definition) is 2. The van der Waals surface area contributed by atoms with Crippen molar-refractivity contribution in [1.29, 1.82) is 0 Å². The Labute approximate surface area is 149 Å². The molecule has 0 aliphatic carbocycles. The van der Waals surface area contributed by atoms with E-state index in [9.17, 15) is 4.79 Å². The SMILES string of the molecule is CC[NH+](CC(=O)Nc1ccccc1Cl)Cc1ccc(N(C)C)cc1. The van der Waals surface area contributed by atoms with Gasteiger partial charge in [-0.15, -0.1) is 0 Å². The second-order valence-electron chi connectivity index (χ2n) is 6.05. The molecular formula is C19H25ClN3O+. The normalized spacial score (nSPS) is 11.8. The molecule has 2 rings (SSSR count). The largest absolute Gasteiger partial charge is 0.378 e. The van der Waals surface area contributed by atoms with E-state index in [1.165, 1.54) is 16.2 Å². The lowest BCUT2D eigenvalue weighted by atomic mass is 10.2. The molecule has 2 N–H and O–H groups in total. The van der Waals surface area contributed by atoms with Gasteiger partial charge in [-0.2, -0.15) is 0 Å². The van der Waals surface area contributed by atoms with E-state index in [-0.39, 0.29) is 5.91 Å². The lowest BCUT2D eigenvalue weighted by molar-refractivity contribution is -0.903. The highest BCUT2D eigenvalue weighted by Crippen LogP contribution is 2.19. The van der Waals surface area contributed by atoms with Gasteiger partial charge in [-0.1, -0.05) is 35.9 Å². The molecule has 0 bridgehead atoms. The summed E-state index contributed by atoms with van der Waals surface area (Å²) in [5, 5.41) is 3.44. The number of likely N-dealkylation sites (N-methyl/N-ethyl adjacent to an activating group) is 1. The number of carbonyl (C=O) groups excluding carboxylic acids is 1. The first kappa shape index (κ1) is 18.3. The Balaban J connectivity index is 1.94. The quantitative estimate of drug-likeness (QED) is 0.808. The molecule has 24 heavy (non-hydrogen) atoms. The van der Waals surface area contributed by atoms with E-state index in [0.717, 1.165) is 13.1 Å². The predicted molar refractivity (Wildman–Crippen MR) is 101 cm³/mol. The smallest absolute Gasteiger partial charge is 0.279 e. The number of anilines is 2. The van der Waals surface area contributed by atoms with E-state index < -0.39 is 0 Å². The van der Waals surface area contributed by atoms with Gasteiger partial charge in [-0.25, -0.2) is 0 Å². The number of halogens is 1. The molecule has 0 aliphatic rings. The molecule has 0 saturated carbocycles. The summed E-state index contributed by atoms with van der Waals surface area (Å²) in [4.78, 5) is 15.6. The molecule has 1 amide bonds. The van der Waals surface area contributed by atoms with Crippen LogP contribution in [0.4, 0.5) is 11.4 Å². The number of benzene rings is 2. The number of hydrogen-bond acceptors (Lipinski definition) is 2. The predicted octanol–water partition coefficient (Wildman–Crippen LogP) is 2.45. The van der Waals surface area contributed by atoms with Gasteiger partial charge in [0.2, 0.25) is 0 Å². The fraction of sp³-hybridized carbons (Fsp3) is 0.316. The van der Waals surface area contributed by atoms with Crippen LogP contribution in [0.1, 0.15) is 12.5 Å². The van der Waals surface area contributed by atoms with Gasteiger partial charge in [0.25, 0.3) is 5.91 Å². The monoisotopic (exact) mass is 346 g/mol. The topological polar surface area (TPSA) is 36.8 Å². The van der Waals surface area contributed by atoms with Crippen LogP contribution < -0.4 is 15.1 Å². The minimum atomic E-state index is -0.0233. The molecular weight excluding hydrogens is 322 g/mol. The van der Waals surface area contributed by atoms with Crippen LogP contribution in [0.15, 0.2) is 48.5 Å². The fourth-order valence-electron chi connectivity index (χ4n) is 2.50. The fourth-order valence-corrected chi connectivity index (χ4v) is 2.68. The zero-order valence-electron chi connectivity index (χ0n) is 14.5. The first-order valence-corrected chi connectivity index (χ1v) is 8.51. The van der Waals surface area contributed by atoms with Crippen molar-refractivity contribution in [3.8, 4) is 0 Å². The maximum absolute atomic E-state index is 12.3. The molecule has 0 aliphatic heterocycles. The van der Waals surface area contributed by atoms with Crippen molar-refractivity contribution in [3.63, 3.8) is 0 Å². The summed E-state index contributed by atoms with van der Waals surface area (Å²) in [6, 6.07) is 15.7. The van der Waals surface area contributed by atoms with Crippen LogP contribution in [0, 0.1) is 0 Å². The van der Waals surface area contributed by atoms with Gasteiger partial charge in [-0.05, 0) is 31.2 Å². The molecule has 1 atom stereocenters. The van der Waals surface area contributed by atoms with Crippen LogP contribution in [0.3, 0.4) is 0 Å². The highest BCUT2D eigenvalue weighted by Gasteiger charge is 2.14. The minimum absolute atomic E-state index is 0.0233. The molecule has 0 radical (unpaired) electrons.